The summed E-state index contributed by atoms with van der Waals surface area (Å²) in [6.45, 7) is 8.09. The van der Waals surface area contributed by atoms with Crippen LogP contribution >= 0.6 is 11.3 Å². The first-order chi connectivity index (χ1) is 15.6. The molecule has 1 atom stereocenters. The number of benzene rings is 1. The number of nitrogens with one attached hydrogen (secondary N) is 1. The summed E-state index contributed by atoms with van der Waals surface area (Å²) >= 11 is 1.20. The first kappa shape index (κ1) is 26.2. The molecule has 1 unspecified atom stereocenters. The fourth-order valence-electron chi connectivity index (χ4n) is 4.37. The second kappa shape index (κ2) is 10.0. The van der Waals surface area contributed by atoms with E-state index in [1.807, 2.05) is 58.0 Å². The van der Waals surface area contributed by atoms with Gasteiger partial charge in [0.2, 0.25) is 0 Å². The van der Waals surface area contributed by atoms with Crippen LogP contribution in [0.5, 0.6) is 0 Å². The number of aromatic nitrogens is 4. The van der Waals surface area contributed by atoms with Gasteiger partial charge in [-0.1, -0.05) is 44.2 Å². The van der Waals surface area contributed by atoms with Crippen LogP contribution in [-0.2, 0) is 13.6 Å². The minimum absolute atomic E-state index is 0. The standard InChI is InChI=1S/C24H26N4O4S.Na.H/c1-12(2)11-28-22-19(21(29)27(5)24(28)32)18(23(30)31)20(33-22)17(15-9-7-6-8-10-15)16-13(3)25-26-14(16)4;;/h6-10,12,17H,11H2,1-5H3,(H,25,26)(H,30,31);;. The summed E-state index contributed by atoms with van der Waals surface area (Å²) in [5.74, 6) is -1.52. The van der Waals surface area contributed by atoms with Crippen molar-refractivity contribution in [1.29, 1.82) is 0 Å². The average Bonchev–Trinajstić information content (AvgIpc) is 3.32. The Kier molecular flexibility index (Phi) is 7.72. The fraction of sp³-hybridized carbons (Fsp3) is 0.333. The van der Waals surface area contributed by atoms with Crippen molar-refractivity contribution >= 4 is 57.1 Å². The van der Waals surface area contributed by atoms with E-state index in [1.165, 1.54) is 23.0 Å². The molecule has 0 saturated carbocycles. The number of hydrogen-bond acceptors (Lipinski definition) is 5. The summed E-state index contributed by atoms with van der Waals surface area (Å²) in [4.78, 5) is 39.7. The third-order valence-electron chi connectivity index (χ3n) is 5.83. The number of aromatic carboxylic acids is 1. The molecular weight excluding hydrogens is 463 g/mol. The van der Waals surface area contributed by atoms with Crippen LogP contribution in [-0.4, -0.2) is 60.0 Å². The number of carboxylic acid groups (broad SMARTS) is 1. The second-order valence-corrected chi connectivity index (χ2v) is 9.70. The van der Waals surface area contributed by atoms with Gasteiger partial charge in [0.25, 0.3) is 5.56 Å². The van der Waals surface area contributed by atoms with Gasteiger partial charge in [0, 0.05) is 35.6 Å². The average molecular weight is 491 g/mol. The maximum atomic E-state index is 13.2. The number of aryl methyl sites for hydroxylation is 2. The Labute approximate surface area is 222 Å². The third kappa shape index (κ3) is 4.33. The van der Waals surface area contributed by atoms with Crippen LogP contribution in [0, 0.1) is 19.8 Å². The molecule has 0 aliphatic rings. The Balaban J connectivity index is 0.00000324. The molecule has 3 heterocycles. The van der Waals surface area contributed by atoms with Crippen LogP contribution in [0.4, 0.5) is 0 Å². The molecule has 0 fully saturated rings. The molecular formula is C24H27N4NaO4S. The molecule has 0 aliphatic carbocycles. The van der Waals surface area contributed by atoms with E-state index in [0.29, 0.717) is 16.3 Å². The Morgan fingerprint density at radius 1 is 1.18 bits per heavy atom. The summed E-state index contributed by atoms with van der Waals surface area (Å²) in [5.41, 5.74) is 2.23. The Morgan fingerprint density at radius 2 is 1.82 bits per heavy atom. The van der Waals surface area contributed by atoms with E-state index in [4.69, 9.17) is 0 Å². The predicted octanol–water partition coefficient (Wildman–Crippen LogP) is 2.99. The van der Waals surface area contributed by atoms with E-state index in [0.717, 1.165) is 27.1 Å². The molecule has 8 nitrogen and oxygen atoms in total. The zero-order chi connectivity index (χ0) is 24.0. The van der Waals surface area contributed by atoms with E-state index in [-0.39, 0.29) is 46.4 Å². The van der Waals surface area contributed by atoms with Crippen molar-refractivity contribution < 1.29 is 9.90 Å². The zero-order valence-corrected chi connectivity index (χ0v) is 20.0. The molecule has 0 aliphatic heterocycles. The van der Waals surface area contributed by atoms with Gasteiger partial charge < -0.3 is 5.11 Å². The molecule has 0 amide bonds. The molecule has 174 valence electrons. The topological polar surface area (TPSA) is 110 Å². The summed E-state index contributed by atoms with van der Waals surface area (Å²) in [7, 11) is 1.39. The zero-order valence-electron chi connectivity index (χ0n) is 19.2. The van der Waals surface area contributed by atoms with Crippen molar-refractivity contribution in [3.8, 4) is 0 Å². The number of rotatable bonds is 6. The second-order valence-electron chi connectivity index (χ2n) is 8.67. The van der Waals surface area contributed by atoms with Gasteiger partial charge in [-0.25, -0.2) is 9.59 Å². The summed E-state index contributed by atoms with van der Waals surface area (Å²) in [5, 5.41) is 17.7. The fourth-order valence-corrected chi connectivity index (χ4v) is 5.79. The number of hydrogen-bond donors (Lipinski definition) is 2. The summed E-state index contributed by atoms with van der Waals surface area (Å²) in [6.07, 6.45) is 0. The molecule has 0 saturated heterocycles. The predicted molar refractivity (Wildman–Crippen MR) is 136 cm³/mol. The van der Waals surface area contributed by atoms with E-state index >= 15 is 0 Å². The van der Waals surface area contributed by atoms with Gasteiger partial charge in [0.1, 0.15) is 4.83 Å². The van der Waals surface area contributed by atoms with Crippen molar-refractivity contribution in [1.82, 2.24) is 19.3 Å². The van der Waals surface area contributed by atoms with E-state index in [9.17, 15) is 19.5 Å². The van der Waals surface area contributed by atoms with Crippen molar-refractivity contribution in [3.05, 3.63) is 84.1 Å². The molecule has 3 aromatic heterocycles. The summed E-state index contributed by atoms with van der Waals surface area (Å²) < 4.78 is 2.53. The first-order valence-corrected chi connectivity index (χ1v) is 11.5. The number of fused-ring (bicyclic) bond motifs is 1. The quantitative estimate of drug-likeness (QED) is 0.404. The Bertz CT molecular complexity index is 1460. The first-order valence-electron chi connectivity index (χ1n) is 10.7. The molecule has 2 N–H and O–H groups in total. The number of H-pyrrole nitrogens is 1. The van der Waals surface area contributed by atoms with E-state index < -0.39 is 23.1 Å². The van der Waals surface area contributed by atoms with Crippen molar-refractivity contribution in [2.75, 3.05) is 0 Å². The SMILES string of the molecule is Cc1n[nH]c(C)c1C(c1ccccc1)c1sc2c(c1C(=O)O)c(=O)n(C)c(=O)n2CC(C)C.[NaH]. The minimum atomic E-state index is -1.19. The normalized spacial score (nSPS) is 12.2. The summed E-state index contributed by atoms with van der Waals surface area (Å²) in [6, 6.07) is 9.57. The van der Waals surface area contributed by atoms with Crippen LogP contribution in [0.2, 0.25) is 0 Å². The van der Waals surface area contributed by atoms with E-state index in [1.54, 1.807) is 0 Å². The molecule has 0 bridgehead atoms. The molecule has 1 aromatic carbocycles. The van der Waals surface area contributed by atoms with Gasteiger partial charge in [-0.05, 0) is 25.3 Å². The molecule has 34 heavy (non-hydrogen) atoms. The molecule has 10 heteroatoms. The number of carboxylic acids is 1. The number of nitrogens with zero attached hydrogens (tertiary/aromatic N) is 3. The van der Waals surface area contributed by atoms with Crippen LogP contribution < -0.4 is 11.2 Å². The van der Waals surface area contributed by atoms with Crippen molar-refractivity contribution in [3.63, 3.8) is 0 Å². The van der Waals surface area contributed by atoms with Crippen molar-refractivity contribution in [2.45, 2.75) is 40.2 Å². The van der Waals surface area contributed by atoms with E-state index in [2.05, 4.69) is 10.2 Å². The number of thiophene rings is 1. The molecule has 4 rings (SSSR count). The van der Waals surface area contributed by atoms with Gasteiger partial charge in [0.05, 0.1) is 16.6 Å². The number of aromatic amines is 1. The van der Waals surface area contributed by atoms with Crippen LogP contribution in [0.1, 0.15) is 57.5 Å². The third-order valence-corrected chi connectivity index (χ3v) is 7.11. The molecule has 0 radical (unpaired) electrons. The van der Waals surface area contributed by atoms with Gasteiger partial charge in [-0.2, -0.15) is 5.10 Å². The molecule has 0 spiro atoms. The Morgan fingerprint density at radius 3 is 2.35 bits per heavy atom. The maximum absolute atomic E-state index is 13.2. The van der Waals surface area contributed by atoms with Crippen LogP contribution in [0.25, 0.3) is 10.2 Å². The Hall–Kier alpha value is -2.46. The number of carbonyl (C=O) groups is 1. The van der Waals surface area contributed by atoms with Crippen molar-refractivity contribution in [2.24, 2.45) is 13.0 Å². The van der Waals surface area contributed by atoms with Gasteiger partial charge in [-0.3, -0.25) is 19.0 Å². The van der Waals surface area contributed by atoms with Crippen LogP contribution in [0.15, 0.2) is 39.9 Å². The van der Waals surface area contributed by atoms with Gasteiger partial charge in [0.15, 0.2) is 0 Å². The van der Waals surface area contributed by atoms with Crippen LogP contribution in [0.3, 0.4) is 0 Å². The molecule has 4 aromatic rings. The van der Waals surface area contributed by atoms with Gasteiger partial charge in [-0.15, -0.1) is 11.3 Å². The van der Waals surface area contributed by atoms with Gasteiger partial charge >= 0.3 is 41.2 Å². The monoisotopic (exact) mass is 490 g/mol.